The molecule has 0 radical (unpaired) electrons. The molecule has 0 saturated carbocycles. The third-order valence-corrected chi connectivity index (χ3v) is 1.19. The summed E-state index contributed by atoms with van der Waals surface area (Å²) in [6.07, 6.45) is 5.17. The Morgan fingerprint density at radius 3 is 3.44 bits per heavy atom. The number of hydrogen-bond acceptors (Lipinski definition) is 2. The van der Waals surface area contributed by atoms with Crippen LogP contribution >= 0.6 is 0 Å². The second-order valence-corrected chi connectivity index (χ2v) is 1.77. The molecule has 1 aliphatic rings. The van der Waals surface area contributed by atoms with Crippen molar-refractivity contribution >= 4 is 5.82 Å². The van der Waals surface area contributed by atoms with E-state index in [-0.39, 0.29) is 0 Å². The first kappa shape index (κ1) is 4.49. The summed E-state index contributed by atoms with van der Waals surface area (Å²) in [4.78, 5) is 5.04. The Kier molecular flexibility index (Phi) is 0.773. The van der Waals surface area contributed by atoms with Gasteiger partial charge in [0.05, 0.1) is 0 Å². The smallest absolute Gasteiger partial charge is 0.146 e. The van der Waals surface area contributed by atoms with Crippen LogP contribution in [0.4, 0.5) is 5.82 Å². The van der Waals surface area contributed by atoms with Crippen LogP contribution in [-0.2, 0) is 0 Å². The molecular weight excluding hydrogens is 116 g/mol. The molecule has 0 aromatic carbocycles. The van der Waals surface area contributed by atoms with Crippen LogP contribution in [0.2, 0.25) is 0 Å². The lowest BCUT2D eigenvalue weighted by molar-refractivity contribution is 0.214. The highest BCUT2D eigenvalue weighted by atomic mass is 16.7. The summed E-state index contributed by atoms with van der Waals surface area (Å²) in [6, 6.07) is 3.85. The fraction of sp³-hybridized carbons (Fsp3) is 0. The van der Waals surface area contributed by atoms with E-state index in [1.165, 1.54) is 0 Å². The van der Waals surface area contributed by atoms with Gasteiger partial charge in [-0.1, -0.05) is 0 Å². The standard InChI is InChI=1S/C6H6N2O/c1-2-6-7-3-5-9-8(6)4-1/h1-5,7H. The molecule has 0 unspecified atom stereocenters. The van der Waals surface area contributed by atoms with E-state index in [0.29, 0.717) is 0 Å². The lowest BCUT2D eigenvalue weighted by Gasteiger charge is -2.10. The molecule has 3 nitrogen and oxygen atoms in total. The van der Waals surface area contributed by atoms with Gasteiger partial charge >= 0.3 is 0 Å². The summed E-state index contributed by atoms with van der Waals surface area (Å²) < 4.78 is 1.65. The van der Waals surface area contributed by atoms with Crippen LogP contribution in [0, 0.1) is 0 Å². The molecule has 0 atom stereocenters. The minimum Gasteiger partial charge on any atom is -0.380 e. The molecule has 3 heteroatoms. The van der Waals surface area contributed by atoms with Gasteiger partial charge in [-0.15, -0.1) is 0 Å². The van der Waals surface area contributed by atoms with Gasteiger partial charge in [-0.3, -0.25) is 0 Å². The molecule has 0 spiro atoms. The van der Waals surface area contributed by atoms with Gasteiger partial charge in [0.15, 0.2) is 0 Å². The highest BCUT2D eigenvalue weighted by molar-refractivity contribution is 5.39. The number of rotatable bonds is 0. The first-order valence-corrected chi connectivity index (χ1v) is 2.73. The average molecular weight is 122 g/mol. The average Bonchev–Trinajstić information content (AvgIpc) is 2.33. The predicted molar refractivity (Wildman–Crippen MR) is 33.8 cm³/mol. The maximum atomic E-state index is 5.04. The van der Waals surface area contributed by atoms with E-state index in [2.05, 4.69) is 5.32 Å². The summed E-state index contributed by atoms with van der Waals surface area (Å²) in [5, 5.41) is 3.00. The van der Waals surface area contributed by atoms with Crippen LogP contribution in [0.15, 0.2) is 30.8 Å². The van der Waals surface area contributed by atoms with Crippen LogP contribution in [0.3, 0.4) is 0 Å². The van der Waals surface area contributed by atoms with E-state index in [0.717, 1.165) is 5.82 Å². The SMILES string of the molecule is C1=COn2cccc2N1. The van der Waals surface area contributed by atoms with Crippen molar-refractivity contribution < 1.29 is 4.84 Å². The normalized spacial score (nSPS) is 13.8. The molecule has 2 rings (SSSR count). The van der Waals surface area contributed by atoms with Gasteiger partial charge in [0, 0.05) is 12.4 Å². The van der Waals surface area contributed by atoms with Gasteiger partial charge in [0.1, 0.15) is 12.1 Å². The van der Waals surface area contributed by atoms with Crippen molar-refractivity contribution in [1.82, 2.24) is 4.73 Å². The van der Waals surface area contributed by atoms with Crippen molar-refractivity contribution in [2.45, 2.75) is 0 Å². The summed E-state index contributed by atoms with van der Waals surface area (Å²) in [5.41, 5.74) is 0. The molecule has 1 aromatic heterocycles. The number of hydrogen-bond donors (Lipinski definition) is 1. The largest absolute Gasteiger partial charge is 0.380 e. The number of aromatic nitrogens is 1. The van der Waals surface area contributed by atoms with Gasteiger partial charge in [-0.25, -0.2) is 0 Å². The van der Waals surface area contributed by atoms with Crippen LogP contribution in [-0.4, -0.2) is 4.73 Å². The second kappa shape index (κ2) is 1.55. The highest BCUT2D eigenvalue weighted by Crippen LogP contribution is 2.08. The third kappa shape index (κ3) is 0.579. The molecule has 1 N–H and O–H groups in total. The zero-order chi connectivity index (χ0) is 6.10. The Morgan fingerprint density at radius 2 is 2.56 bits per heavy atom. The van der Waals surface area contributed by atoms with Crippen molar-refractivity contribution in [2.24, 2.45) is 0 Å². The first-order chi connectivity index (χ1) is 4.47. The number of fused-ring (bicyclic) bond motifs is 1. The van der Waals surface area contributed by atoms with E-state index < -0.39 is 0 Å². The molecule has 1 aliphatic heterocycles. The van der Waals surface area contributed by atoms with Gasteiger partial charge in [0.2, 0.25) is 0 Å². The zero-order valence-corrected chi connectivity index (χ0v) is 4.74. The second-order valence-electron chi connectivity index (χ2n) is 1.77. The van der Waals surface area contributed by atoms with Crippen LogP contribution in [0.5, 0.6) is 0 Å². The van der Waals surface area contributed by atoms with Crippen molar-refractivity contribution in [2.75, 3.05) is 5.32 Å². The van der Waals surface area contributed by atoms with E-state index in [1.54, 1.807) is 17.2 Å². The van der Waals surface area contributed by atoms with Crippen molar-refractivity contribution in [3.05, 3.63) is 30.8 Å². The van der Waals surface area contributed by atoms with Crippen LogP contribution in [0.1, 0.15) is 0 Å². The fourth-order valence-corrected chi connectivity index (χ4v) is 0.785. The van der Waals surface area contributed by atoms with Gasteiger partial charge < -0.3 is 10.2 Å². The van der Waals surface area contributed by atoms with Crippen LogP contribution in [0.25, 0.3) is 0 Å². The quantitative estimate of drug-likeness (QED) is 0.551. The Hall–Kier alpha value is -1.38. The van der Waals surface area contributed by atoms with Crippen molar-refractivity contribution in [1.29, 1.82) is 0 Å². The van der Waals surface area contributed by atoms with Crippen LogP contribution < -0.4 is 10.2 Å². The minimum atomic E-state index is 0.956. The molecule has 0 bridgehead atoms. The molecule has 46 valence electrons. The van der Waals surface area contributed by atoms with Gasteiger partial charge in [0.25, 0.3) is 0 Å². The van der Waals surface area contributed by atoms with Gasteiger partial charge in [-0.05, 0) is 12.1 Å². The zero-order valence-electron chi connectivity index (χ0n) is 4.74. The van der Waals surface area contributed by atoms with Crippen molar-refractivity contribution in [3.63, 3.8) is 0 Å². The summed E-state index contributed by atoms with van der Waals surface area (Å²) >= 11 is 0. The molecule has 0 amide bonds. The summed E-state index contributed by atoms with van der Waals surface area (Å²) in [6.45, 7) is 0. The molecule has 0 saturated heterocycles. The molecule has 0 fully saturated rings. The van der Waals surface area contributed by atoms with E-state index in [9.17, 15) is 0 Å². The predicted octanol–water partition coefficient (Wildman–Crippen LogP) is 0.813. The number of nitrogens with zero attached hydrogens (tertiary/aromatic N) is 1. The maximum absolute atomic E-state index is 5.04. The fourth-order valence-electron chi connectivity index (χ4n) is 0.785. The number of anilines is 1. The summed E-state index contributed by atoms with van der Waals surface area (Å²) in [7, 11) is 0. The third-order valence-electron chi connectivity index (χ3n) is 1.19. The Labute approximate surface area is 52.5 Å². The molecule has 2 heterocycles. The molecule has 9 heavy (non-hydrogen) atoms. The Bertz CT molecular complexity index is 216. The lowest BCUT2D eigenvalue weighted by atomic mass is 10.6. The first-order valence-electron chi connectivity index (χ1n) is 2.73. The molecule has 0 aliphatic carbocycles. The summed E-state index contributed by atoms with van der Waals surface area (Å²) in [5.74, 6) is 0.956. The van der Waals surface area contributed by atoms with E-state index in [4.69, 9.17) is 4.84 Å². The van der Waals surface area contributed by atoms with E-state index in [1.807, 2.05) is 18.3 Å². The Balaban J connectivity index is 2.46. The van der Waals surface area contributed by atoms with Gasteiger partial charge in [-0.2, -0.15) is 4.73 Å². The monoisotopic (exact) mass is 122 g/mol. The Morgan fingerprint density at radius 1 is 1.56 bits per heavy atom. The van der Waals surface area contributed by atoms with E-state index >= 15 is 0 Å². The molecule has 1 aromatic rings. The number of nitrogens with one attached hydrogen (secondary N) is 1. The molecular formula is C6H6N2O. The topological polar surface area (TPSA) is 26.2 Å². The highest BCUT2D eigenvalue weighted by Gasteiger charge is 1.99. The van der Waals surface area contributed by atoms with Crippen molar-refractivity contribution in [3.8, 4) is 0 Å². The minimum absolute atomic E-state index is 0.956. The maximum Gasteiger partial charge on any atom is 0.146 e. The lowest BCUT2D eigenvalue weighted by Crippen LogP contribution is -2.11.